The summed E-state index contributed by atoms with van der Waals surface area (Å²) in [5.41, 5.74) is 2.51. The molecular weight excluding hydrogens is 220 g/mol. The molecule has 17 heavy (non-hydrogen) atoms. The first-order valence-corrected chi connectivity index (χ1v) is 5.79. The smallest absolute Gasteiger partial charge is 0.323 e. The van der Waals surface area contributed by atoms with Gasteiger partial charge in [0.2, 0.25) is 11.9 Å². The number of anilines is 2. The van der Waals surface area contributed by atoms with Gasteiger partial charge in [0.25, 0.3) is 0 Å². The Kier molecular flexibility index (Phi) is 3.28. The Balaban J connectivity index is 2.12. The molecule has 0 spiro atoms. The summed E-state index contributed by atoms with van der Waals surface area (Å²) >= 11 is 0. The van der Waals surface area contributed by atoms with Gasteiger partial charge in [-0.2, -0.15) is 15.0 Å². The molecule has 0 unspecified atom stereocenters. The lowest BCUT2D eigenvalue weighted by Gasteiger charge is -2.12. The van der Waals surface area contributed by atoms with E-state index in [9.17, 15) is 0 Å². The van der Waals surface area contributed by atoms with Gasteiger partial charge in [0.1, 0.15) is 0 Å². The SMILES string of the molecule is CCCOc1nc(NN)nc(NC2(C)CC2)n1. The molecule has 1 heterocycles. The summed E-state index contributed by atoms with van der Waals surface area (Å²) in [5.74, 6) is 6.11. The molecule has 7 nitrogen and oxygen atoms in total. The van der Waals surface area contributed by atoms with Crippen LogP contribution in [0.5, 0.6) is 6.01 Å². The number of hydrogen-bond acceptors (Lipinski definition) is 7. The quantitative estimate of drug-likeness (QED) is 0.500. The van der Waals surface area contributed by atoms with Crippen LogP contribution >= 0.6 is 0 Å². The Morgan fingerprint density at radius 2 is 2.00 bits per heavy atom. The van der Waals surface area contributed by atoms with Gasteiger partial charge in [0.15, 0.2) is 0 Å². The van der Waals surface area contributed by atoms with Gasteiger partial charge in [-0.15, -0.1) is 0 Å². The van der Waals surface area contributed by atoms with Gasteiger partial charge in [-0.1, -0.05) is 6.92 Å². The summed E-state index contributed by atoms with van der Waals surface area (Å²) in [6.45, 7) is 4.72. The fourth-order valence-electron chi connectivity index (χ4n) is 1.32. The van der Waals surface area contributed by atoms with Crippen molar-refractivity contribution < 1.29 is 4.74 Å². The maximum Gasteiger partial charge on any atom is 0.323 e. The van der Waals surface area contributed by atoms with Gasteiger partial charge in [-0.3, -0.25) is 5.43 Å². The van der Waals surface area contributed by atoms with E-state index in [-0.39, 0.29) is 5.54 Å². The van der Waals surface area contributed by atoms with Crippen molar-refractivity contribution in [3.63, 3.8) is 0 Å². The standard InChI is InChI=1S/C10H18N6O/c1-3-6-17-9-13-7(12-8(14-9)16-11)15-10(2)4-5-10/h3-6,11H2,1-2H3,(H2,12,13,14,15,16). The number of nitrogens with one attached hydrogen (secondary N) is 2. The summed E-state index contributed by atoms with van der Waals surface area (Å²) < 4.78 is 5.38. The predicted octanol–water partition coefficient (Wildman–Crippen LogP) is 0.910. The number of rotatable bonds is 6. The monoisotopic (exact) mass is 238 g/mol. The molecule has 1 aromatic rings. The summed E-state index contributed by atoms with van der Waals surface area (Å²) in [6.07, 6.45) is 3.14. The van der Waals surface area contributed by atoms with Crippen LogP contribution in [0.15, 0.2) is 0 Å². The van der Waals surface area contributed by atoms with Crippen molar-refractivity contribution in [3.05, 3.63) is 0 Å². The van der Waals surface area contributed by atoms with Crippen molar-refractivity contribution in [2.45, 2.75) is 38.6 Å². The topological polar surface area (TPSA) is 98.0 Å². The molecule has 0 atom stereocenters. The van der Waals surface area contributed by atoms with E-state index < -0.39 is 0 Å². The highest BCUT2D eigenvalue weighted by Gasteiger charge is 2.38. The number of hydrogen-bond donors (Lipinski definition) is 3. The van der Waals surface area contributed by atoms with E-state index in [4.69, 9.17) is 10.6 Å². The van der Waals surface area contributed by atoms with Crippen molar-refractivity contribution in [1.82, 2.24) is 15.0 Å². The minimum absolute atomic E-state index is 0.106. The lowest BCUT2D eigenvalue weighted by molar-refractivity contribution is 0.292. The van der Waals surface area contributed by atoms with E-state index in [0.29, 0.717) is 24.5 Å². The maximum atomic E-state index is 5.38. The Morgan fingerprint density at radius 1 is 1.29 bits per heavy atom. The van der Waals surface area contributed by atoms with E-state index in [1.54, 1.807) is 0 Å². The van der Waals surface area contributed by atoms with E-state index in [1.165, 1.54) is 0 Å². The molecule has 1 fully saturated rings. The van der Waals surface area contributed by atoms with Crippen LogP contribution in [0, 0.1) is 0 Å². The number of nitrogens with zero attached hydrogens (tertiary/aromatic N) is 3. The van der Waals surface area contributed by atoms with Gasteiger partial charge in [0, 0.05) is 5.54 Å². The van der Waals surface area contributed by atoms with Crippen LogP contribution in [-0.2, 0) is 0 Å². The van der Waals surface area contributed by atoms with Gasteiger partial charge >= 0.3 is 6.01 Å². The molecule has 1 aromatic heterocycles. The van der Waals surface area contributed by atoms with Crippen LogP contribution in [0.3, 0.4) is 0 Å². The molecule has 0 saturated heterocycles. The van der Waals surface area contributed by atoms with Gasteiger partial charge in [-0.05, 0) is 26.2 Å². The zero-order chi connectivity index (χ0) is 12.3. The minimum Gasteiger partial charge on any atom is -0.463 e. The summed E-state index contributed by atoms with van der Waals surface area (Å²) in [5, 5.41) is 3.25. The average molecular weight is 238 g/mol. The van der Waals surface area contributed by atoms with Gasteiger partial charge in [-0.25, -0.2) is 5.84 Å². The molecule has 0 aromatic carbocycles. The predicted molar refractivity (Wildman–Crippen MR) is 64.7 cm³/mol. The van der Waals surface area contributed by atoms with Crippen molar-refractivity contribution in [1.29, 1.82) is 0 Å². The fraction of sp³-hybridized carbons (Fsp3) is 0.700. The Labute approximate surface area is 100 Å². The fourth-order valence-corrected chi connectivity index (χ4v) is 1.32. The van der Waals surface area contributed by atoms with Gasteiger partial charge in [0.05, 0.1) is 6.61 Å². The highest BCUT2D eigenvalue weighted by Crippen LogP contribution is 2.37. The molecule has 0 aliphatic heterocycles. The first-order chi connectivity index (χ1) is 8.15. The number of nitrogen functional groups attached to an aromatic ring is 1. The average Bonchev–Trinajstić information content (AvgIpc) is 3.03. The third-order valence-electron chi connectivity index (χ3n) is 2.59. The van der Waals surface area contributed by atoms with Crippen molar-refractivity contribution in [2.24, 2.45) is 5.84 Å². The third kappa shape index (κ3) is 3.16. The molecule has 0 radical (unpaired) electrons. The highest BCUT2D eigenvalue weighted by molar-refractivity contribution is 5.38. The second kappa shape index (κ2) is 4.70. The van der Waals surface area contributed by atoms with Gasteiger partial charge < -0.3 is 10.1 Å². The van der Waals surface area contributed by atoms with Crippen LogP contribution < -0.4 is 21.3 Å². The van der Waals surface area contributed by atoms with Crippen molar-refractivity contribution >= 4 is 11.9 Å². The number of ether oxygens (including phenoxy) is 1. The second-order valence-corrected chi connectivity index (χ2v) is 4.44. The summed E-state index contributed by atoms with van der Waals surface area (Å²) in [6, 6.07) is 0.293. The van der Waals surface area contributed by atoms with Crippen LogP contribution in [0.2, 0.25) is 0 Å². The largest absolute Gasteiger partial charge is 0.463 e. The molecule has 1 aliphatic rings. The molecule has 1 aliphatic carbocycles. The summed E-state index contributed by atoms with van der Waals surface area (Å²) in [7, 11) is 0. The first-order valence-electron chi connectivity index (χ1n) is 5.79. The van der Waals surface area contributed by atoms with Crippen LogP contribution in [0.4, 0.5) is 11.9 Å². The van der Waals surface area contributed by atoms with Crippen molar-refractivity contribution in [3.8, 4) is 6.01 Å². The number of nitrogens with two attached hydrogens (primary N) is 1. The molecular formula is C10H18N6O. The van der Waals surface area contributed by atoms with E-state index in [0.717, 1.165) is 19.3 Å². The lowest BCUT2D eigenvalue weighted by Crippen LogP contribution is -2.20. The molecule has 7 heteroatoms. The van der Waals surface area contributed by atoms with Crippen LogP contribution in [0.1, 0.15) is 33.1 Å². The third-order valence-corrected chi connectivity index (χ3v) is 2.59. The molecule has 94 valence electrons. The molecule has 0 bridgehead atoms. The molecule has 4 N–H and O–H groups in total. The van der Waals surface area contributed by atoms with Crippen molar-refractivity contribution in [2.75, 3.05) is 17.3 Å². The lowest BCUT2D eigenvalue weighted by atomic mass is 10.3. The Morgan fingerprint density at radius 3 is 2.59 bits per heavy atom. The van der Waals surface area contributed by atoms with Crippen LogP contribution in [0.25, 0.3) is 0 Å². The minimum atomic E-state index is 0.106. The molecule has 2 rings (SSSR count). The summed E-state index contributed by atoms with van der Waals surface area (Å²) in [4.78, 5) is 12.3. The van der Waals surface area contributed by atoms with Crippen LogP contribution in [-0.4, -0.2) is 27.1 Å². The number of hydrazine groups is 1. The highest BCUT2D eigenvalue weighted by atomic mass is 16.5. The molecule has 0 amide bonds. The van der Waals surface area contributed by atoms with E-state index in [2.05, 4.69) is 32.6 Å². The van der Waals surface area contributed by atoms with E-state index >= 15 is 0 Å². The zero-order valence-corrected chi connectivity index (χ0v) is 10.2. The Hall–Kier alpha value is -1.63. The van der Waals surface area contributed by atoms with E-state index in [1.807, 2.05) is 6.92 Å². The normalized spacial score (nSPS) is 16.4. The number of aromatic nitrogens is 3. The Bertz CT molecular complexity index is 392. The second-order valence-electron chi connectivity index (χ2n) is 4.44. The molecule has 1 saturated carbocycles. The maximum absolute atomic E-state index is 5.38. The zero-order valence-electron chi connectivity index (χ0n) is 10.2. The first kappa shape index (κ1) is 11.8.